The van der Waals surface area contributed by atoms with Gasteiger partial charge in [0.2, 0.25) is 0 Å². The van der Waals surface area contributed by atoms with Crippen LogP contribution >= 0.6 is 11.6 Å². The Hall–Kier alpha value is -1.92. The average Bonchev–Trinajstić information content (AvgIpc) is 2.90. The predicted octanol–water partition coefficient (Wildman–Crippen LogP) is 2.48. The molecule has 1 aromatic heterocycles. The number of benzene rings is 1. The molecule has 128 valence electrons. The van der Waals surface area contributed by atoms with Crippen molar-refractivity contribution in [3.8, 4) is 0 Å². The summed E-state index contributed by atoms with van der Waals surface area (Å²) in [5.41, 5.74) is 2.44. The summed E-state index contributed by atoms with van der Waals surface area (Å²) in [7, 11) is 1.83. The third kappa shape index (κ3) is 3.44. The molecular weight excluding hydrogens is 331 g/mol. The normalized spacial score (nSPS) is 15.8. The van der Waals surface area contributed by atoms with Crippen molar-refractivity contribution in [2.24, 2.45) is 7.05 Å². The lowest BCUT2D eigenvalue weighted by molar-refractivity contribution is 0.0627. The van der Waals surface area contributed by atoms with E-state index in [2.05, 4.69) is 10.00 Å². The fourth-order valence-corrected chi connectivity index (χ4v) is 3.11. The van der Waals surface area contributed by atoms with Crippen molar-refractivity contribution < 1.29 is 9.18 Å². The second-order valence-corrected chi connectivity index (χ2v) is 6.48. The summed E-state index contributed by atoms with van der Waals surface area (Å²) in [6.07, 6.45) is 1.63. The Labute approximate surface area is 145 Å². The zero-order valence-corrected chi connectivity index (χ0v) is 14.6. The van der Waals surface area contributed by atoms with Crippen LogP contribution < -0.4 is 0 Å². The van der Waals surface area contributed by atoms with Gasteiger partial charge in [0.1, 0.15) is 5.82 Å². The highest BCUT2D eigenvalue weighted by Crippen LogP contribution is 2.20. The number of aryl methyl sites for hydroxylation is 1. The molecule has 1 aliphatic rings. The number of hydrogen-bond donors (Lipinski definition) is 0. The van der Waals surface area contributed by atoms with E-state index in [1.54, 1.807) is 16.9 Å². The van der Waals surface area contributed by atoms with Gasteiger partial charge < -0.3 is 4.90 Å². The van der Waals surface area contributed by atoms with Crippen molar-refractivity contribution in [1.82, 2.24) is 19.6 Å². The van der Waals surface area contributed by atoms with Crippen LogP contribution in [0.1, 0.15) is 21.6 Å². The Kier molecular flexibility index (Phi) is 4.87. The topological polar surface area (TPSA) is 41.4 Å². The van der Waals surface area contributed by atoms with E-state index >= 15 is 0 Å². The largest absolute Gasteiger partial charge is 0.336 e. The van der Waals surface area contributed by atoms with Gasteiger partial charge in [-0.15, -0.1) is 0 Å². The molecule has 1 saturated heterocycles. The van der Waals surface area contributed by atoms with Crippen molar-refractivity contribution in [2.75, 3.05) is 26.2 Å². The van der Waals surface area contributed by atoms with Crippen molar-refractivity contribution in [1.29, 1.82) is 0 Å². The average molecular weight is 351 g/mol. The standard InChI is InChI=1S/C17H20ClFN4O/c1-12-15(10-20-21(12)2)17(24)23-7-5-22(6-8-23)11-13-3-4-14(19)9-16(13)18/h3-4,9-10H,5-8,11H2,1-2H3. The van der Waals surface area contributed by atoms with Gasteiger partial charge in [0.05, 0.1) is 11.8 Å². The molecule has 5 nitrogen and oxygen atoms in total. The number of nitrogens with zero attached hydrogens (tertiary/aromatic N) is 4. The van der Waals surface area contributed by atoms with Gasteiger partial charge in [-0.1, -0.05) is 17.7 Å². The number of carbonyl (C=O) groups is 1. The minimum Gasteiger partial charge on any atom is -0.336 e. The molecule has 0 aliphatic carbocycles. The Morgan fingerprint density at radius 3 is 2.58 bits per heavy atom. The van der Waals surface area contributed by atoms with Gasteiger partial charge in [0.25, 0.3) is 5.91 Å². The molecule has 24 heavy (non-hydrogen) atoms. The summed E-state index contributed by atoms with van der Waals surface area (Å²) >= 11 is 6.09. The smallest absolute Gasteiger partial charge is 0.257 e. The zero-order valence-electron chi connectivity index (χ0n) is 13.8. The maximum absolute atomic E-state index is 13.1. The molecule has 1 aliphatic heterocycles. The van der Waals surface area contributed by atoms with E-state index in [-0.39, 0.29) is 11.7 Å². The molecule has 1 aromatic carbocycles. The van der Waals surface area contributed by atoms with E-state index in [0.717, 1.165) is 24.3 Å². The first-order chi connectivity index (χ1) is 11.5. The molecular formula is C17H20ClFN4O. The third-order valence-electron chi connectivity index (χ3n) is 4.53. The Morgan fingerprint density at radius 2 is 2.00 bits per heavy atom. The quantitative estimate of drug-likeness (QED) is 0.854. The van der Waals surface area contributed by atoms with Crippen molar-refractivity contribution in [3.63, 3.8) is 0 Å². The van der Waals surface area contributed by atoms with Gasteiger partial charge in [-0.2, -0.15) is 5.10 Å². The summed E-state index contributed by atoms with van der Waals surface area (Å²) in [6.45, 7) is 5.40. The van der Waals surface area contributed by atoms with Crippen LogP contribution in [0.3, 0.4) is 0 Å². The molecule has 0 radical (unpaired) electrons. The highest BCUT2D eigenvalue weighted by molar-refractivity contribution is 6.31. The number of rotatable bonds is 3. The lowest BCUT2D eigenvalue weighted by Gasteiger charge is -2.34. The molecule has 3 rings (SSSR count). The van der Waals surface area contributed by atoms with E-state index < -0.39 is 0 Å². The molecule has 7 heteroatoms. The monoisotopic (exact) mass is 350 g/mol. The van der Waals surface area contributed by atoms with Crippen LogP contribution in [0.15, 0.2) is 24.4 Å². The van der Waals surface area contributed by atoms with Gasteiger partial charge in [0.15, 0.2) is 0 Å². The van der Waals surface area contributed by atoms with Gasteiger partial charge in [-0.3, -0.25) is 14.4 Å². The number of hydrogen-bond acceptors (Lipinski definition) is 3. The first-order valence-corrected chi connectivity index (χ1v) is 8.27. The van der Waals surface area contributed by atoms with Crippen LogP contribution in [-0.2, 0) is 13.6 Å². The number of piperazine rings is 1. The fourth-order valence-electron chi connectivity index (χ4n) is 2.88. The summed E-state index contributed by atoms with van der Waals surface area (Å²) in [5, 5.41) is 4.58. The SMILES string of the molecule is Cc1c(C(=O)N2CCN(Cc3ccc(F)cc3Cl)CC2)cnn1C. The second-order valence-electron chi connectivity index (χ2n) is 6.07. The van der Waals surface area contributed by atoms with E-state index in [1.165, 1.54) is 12.1 Å². The lowest BCUT2D eigenvalue weighted by atomic mass is 10.1. The molecule has 0 bridgehead atoms. The maximum atomic E-state index is 13.1. The van der Waals surface area contributed by atoms with E-state index in [1.807, 2.05) is 18.9 Å². The van der Waals surface area contributed by atoms with Gasteiger partial charge in [0, 0.05) is 50.5 Å². The van der Waals surface area contributed by atoms with Crippen molar-refractivity contribution in [3.05, 3.63) is 52.1 Å². The molecule has 1 fully saturated rings. The number of aromatic nitrogens is 2. The van der Waals surface area contributed by atoms with Crippen LogP contribution in [0.2, 0.25) is 5.02 Å². The minimum absolute atomic E-state index is 0.0278. The Balaban J connectivity index is 1.59. The molecule has 0 N–H and O–H groups in total. The van der Waals surface area contributed by atoms with Gasteiger partial charge in [-0.25, -0.2) is 4.39 Å². The molecule has 0 atom stereocenters. The summed E-state index contributed by atoms with van der Waals surface area (Å²) < 4.78 is 14.8. The van der Waals surface area contributed by atoms with Gasteiger partial charge in [-0.05, 0) is 24.6 Å². The Bertz CT molecular complexity index is 753. The number of halogens is 2. The van der Waals surface area contributed by atoms with Gasteiger partial charge >= 0.3 is 0 Å². The van der Waals surface area contributed by atoms with Crippen LogP contribution in [0.25, 0.3) is 0 Å². The number of carbonyl (C=O) groups excluding carboxylic acids is 1. The maximum Gasteiger partial charge on any atom is 0.257 e. The van der Waals surface area contributed by atoms with Crippen LogP contribution in [0.4, 0.5) is 4.39 Å². The van der Waals surface area contributed by atoms with E-state index in [4.69, 9.17) is 11.6 Å². The summed E-state index contributed by atoms with van der Waals surface area (Å²) in [6, 6.07) is 4.47. The highest BCUT2D eigenvalue weighted by atomic mass is 35.5. The second kappa shape index (κ2) is 6.91. The lowest BCUT2D eigenvalue weighted by Crippen LogP contribution is -2.48. The molecule has 2 aromatic rings. The van der Waals surface area contributed by atoms with Crippen LogP contribution in [0, 0.1) is 12.7 Å². The zero-order chi connectivity index (χ0) is 17.3. The van der Waals surface area contributed by atoms with Crippen LogP contribution in [0.5, 0.6) is 0 Å². The first-order valence-electron chi connectivity index (χ1n) is 7.90. The highest BCUT2D eigenvalue weighted by Gasteiger charge is 2.24. The van der Waals surface area contributed by atoms with Crippen LogP contribution in [-0.4, -0.2) is 51.7 Å². The Morgan fingerprint density at radius 1 is 1.29 bits per heavy atom. The molecule has 2 heterocycles. The molecule has 0 saturated carbocycles. The fraction of sp³-hybridized carbons (Fsp3) is 0.412. The summed E-state index contributed by atoms with van der Waals surface area (Å²) in [4.78, 5) is 16.7. The van der Waals surface area contributed by atoms with Crippen molar-refractivity contribution >= 4 is 17.5 Å². The molecule has 0 spiro atoms. The molecule has 0 unspecified atom stereocenters. The number of amides is 1. The molecule has 1 amide bonds. The third-order valence-corrected chi connectivity index (χ3v) is 4.89. The van der Waals surface area contributed by atoms with E-state index in [0.29, 0.717) is 30.2 Å². The predicted molar refractivity (Wildman–Crippen MR) is 90.5 cm³/mol. The summed E-state index contributed by atoms with van der Waals surface area (Å²) in [5.74, 6) is -0.300. The van der Waals surface area contributed by atoms with Crippen molar-refractivity contribution in [2.45, 2.75) is 13.5 Å². The minimum atomic E-state index is -0.328. The van der Waals surface area contributed by atoms with E-state index in [9.17, 15) is 9.18 Å². The first kappa shape index (κ1) is 16.9.